The molecule has 0 aliphatic heterocycles. The van der Waals surface area contributed by atoms with Gasteiger partial charge in [0, 0.05) is 23.5 Å². The molecule has 0 aliphatic rings. The molecule has 0 aliphatic carbocycles. The predicted molar refractivity (Wildman–Crippen MR) is 110 cm³/mol. The van der Waals surface area contributed by atoms with Crippen LogP contribution in [0.4, 0.5) is 5.69 Å². The number of hydrogen-bond donors (Lipinski definition) is 3. The summed E-state index contributed by atoms with van der Waals surface area (Å²) in [6.07, 6.45) is 0. The summed E-state index contributed by atoms with van der Waals surface area (Å²) < 4.78 is 10.0. The van der Waals surface area contributed by atoms with E-state index in [-0.39, 0.29) is 23.8 Å². The molecule has 30 heavy (non-hydrogen) atoms. The van der Waals surface area contributed by atoms with E-state index in [9.17, 15) is 19.2 Å². The molecule has 0 fully saturated rings. The van der Waals surface area contributed by atoms with Crippen LogP contribution in [-0.4, -0.2) is 48.5 Å². The number of nitrogens with one attached hydrogen (secondary N) is 3. The summed E-state index contributed by atoms with van der Waals surface area (Å²) in [5, 5.41) is 5.25. The third-order valence-electron chi connectivity index (χ3n) is 4.20. The van der Waals surface area contributed by atoms with Crippen molar-refractivity contribution in [3.63, 3.8) is 0 Å². The number of anilines is 1. The summed E-state index contributed by atoms with van der Waals surface area (Å²) >= 11 is 0. The maximum atomic E-state index is 12.4. The third kappa shape index (κ3) is 5.47. The van der Waals surface area contributed by atoms with Crippen LogP contribution in [-0.2, 0) is 14.3 Å². The van der Waals surface area contributed by atoms with Crippen LogP contribution in [0.3, 0.4) is 0 Å². The Labute approximate surface area is 174 Å². The standard InChI is InChI=1S/C21H25N3O6/c1-5-22-19(26)14-8-7-9-15(10-14)24-16(25)11-30-20(27)17-12(3)18(23-13(17)4)21(28)29-6-2/h7-10,23H,5-6,11H2,1-4H3,(H,22,26)(H,24,25). The number of hydrogen-bond acceptors (Lipinski definition) is 6. The highest BCUT2D eigenvalue weighted by Crippen LogP contribution is 2.20. The molecule has 2 amide bonds. The molecule has 3 N–H and O–H groups in total. The second kappa shape index (κ2) is 10.2. The fraction of sp³-hybridized carbons (Fsp3) is 0.333. The Hall–Kier alpha value is -3.62. The summed E-state index contributed by atoms with van der Waals surface area (Å²) in [5.41, 5.74) is 1.99. The van der Waals surface area contributed by atoms with Crippen molar-refractivity contribution in [3.05, 3.63) is 52.3 Å². The Kier molecular flexibility index (Phi) is 7.74. The Bertz CT molecular complexity index is 964. The van der Waals surface area contributed by atoms with Gasteiger partial charge < -0.3 is 25.1 Å². The molecule has 9 nitrogen and oxygen atoms in total. The van der Waals surface area contributed by atoms with Crippen molar-refractivity contribution >= 4 is 29.4 Å². The Morgan fingerprint density at radius 1 is 1.03 bits per heavy atom. The Morgan fingerprint density at radius 2 is 1.77 bits per heavy atom. The minimum absolute atomic E-state index is 0.174. The molecule has 1 aromatic carbocycles. The highest BCUT2D eigenvalue weighted by molar-refractivity contribution is 6.01. The number of ether oxygens (including phenoxy) is 2. The van der Waals surface area contributed by atoms with Gasteiger partial charge in [0.1, 0.15) is 5.69 Å². The van der Waals surface area contributed by atoms with Crippen LogP contribution in [0.15, 0.2) is 24.3 Å². The largest absolute Gasteiger partial charge is 0.461 e. The fourth-order valence-corrected chi connectivity index (χ4v) is 2.86. The van der Waals surface area contributed by atoms with Crippen LogP contribution < -0.4 is 10.6 Å². The van der Waals surface area contributed by atoms with Crippen molar-refractivity contribution in [2.45, 2.75) is 27.7 Å². The lowest BCUT2D eigenvalue weighted by atomic mass is 10.1. The number of aromatic nitrogens is 1. The first-order chi connectivity index (χ1) is 14.3. The van der Waals surface area contributed by atoms with Gasteiger partial charge in [-0.05, 0) is 51.5 Å². The monoisotopic (exact) mass is 415 g/mol. The number of H-pyrrole nitrogens is 1. The molecule has 0 bridgehead atoms. The number of aryl methyl sites for hydroxylation is 1. The lowest BCUT2D eigenvalue weighted by Crippen LogP contribution is -2.23. The van der Waals surface area contributed by atoms with Crippen molar-refractivity contribution in [1.82, 2.24) is 10.3 Å². The third-order valence-corrected chi connectivity index (χ3v) is 4.20. The first-order valence-electron chi connectivity index (χ1n) is 9.49. The minimum atomic E-state index is -0.733. The molecule has 0 atom stereocenters. The molecule has 2 rings (SSSR count). The summed E-state index contributed by atoms with van der Waals surface area (Å²) in [7, 11) is 0. The summed E-state index contributed by atoms with van der Waals surface area (Å²) in [6, 6.07) is 6.40. The van der Waals surface area contributed by atoms with Gasteiger partial charge in [0.05, 0.1) is 12.2 Å². The number of benzene rings is 1. The van der Waals surface area contributed by atoms with Crippen molar-refractivity contribution in [3.8, 4) is 0 Å². The van der Waals surface area contributed by atoms with Gasteiger partial charge in [-0.15, -0.1) is 0 Å². The number of esters is 2. The van der Waals surface area contributed by atoms with Gasteiger partial charge >= 0.3 is 11.9 Å². The lowest BCUT2D eigenvalue weighted by Gasteiger charge is -2.09. The van der Waals surface area contributed by atoms with Crippen LogP contribution in [0.25, 0.3) is 0 Å². The number of amides is 2. The van der Waals surface area contributed by atoms with Gasteiger partial charge in [-0.2, -0.15) is 0 Å². The zero-order valence-corrected chi connectivity index (χ0v) is 17.4. The Balaban J connectivity index is 2.00. The molecule has 2 aromatic rings. The van der Waals surface area contributed by atoms with Crippen molar-refractivity contribution in [1.29, 1.82) is 0 Å². The topological polar surface area (TPSA) is 127 Å². The van der Waals surface area contributed by atoms with E-state index in [4.69, 9.17) is 9.47 Å². The first-order valence-corrected chi connectivity index (χ1v) is 9.49. The Morgan fingerprint density at radius 3 is 2.43 bits per heavy atom. The van der Waals surface area contributed by atoms with E-state index in [1.165, 1.54) is 6.07 Å². The molecule has 1 aromatic heterocycles. The van der Waals surface area contributed by atoms with Crippen LogP contribution >= 0.6 is 0 Å². The van der Waals surface area contributed by atoms with Gasteiger partial charge in [0.2, 0.25) is 0 Å². The zero-order chi connectivity index (χ0) is 22.3. The molecule has 0 radical (unpaired) electrons. The molecule has 0 saturated heterocycles. The van der Waals surface area contributed by atoms with E-state index in [0.717, 1.165) is 0 Å². The quantitative estimate of drug-likeness (QED) is 0.568. The summed E-state index contributed by atoms with van der Waals surface area (Å²) in [5.74, 6) is -2.12. The van der Waals surface area contributed by atoms with Gasteiger partial charge in [-0.3, -0.25) is 9.59 Å². The van der Waals surface area contributed by atoms with E-state index >= 15 is 0 Å². The van der Waals surface area contributed by atoms with Gasteiger partial charge in [-0.1, -0.05) is 6.07 Å². The van der Waals surface area contributed by atoms with E-state index in [2.05, 4.69) is 15.6 Å². The predicted octanol–water partition coefficient (Wildman–Crippen LogP) is 2.35. The van der Waals surface area contributed by atoms with Crippen LogP contribution in [0, 0.1) is 13.8 Å². The van der Waals surface area contributed by atoms with Gasteiger partial charge in [0.25, 0.3) is 11.8 Å². The van der Waals surface area contributed by atoms with E-state index < -0.39 is 24.5 Å². The van der Waals surface area contributed by atoms with Crippen LogP contribution in [0.1, 0.15) is 56.3 Å². The lowest BCUT2D eigenvalue weighted by molar-refractivity contribution is -0.119. The number of carbonyl (C=O) groups excluding carboxylic acids is 4. The maximum absolute atomic E-state index is 12.4. The molecule has 0 saturated carbocycles. The van der Waals surface area contributed by atoms with Crippen LogP contribution in [0.2, 0.25) is 0 Å². The minimum Gasteiger partial charge on any atom is -0.461 e. The molecule has 160 valence electrons. The molecular weight excluding hydrogens is 390 g/mol. The van der Waals surface area contributed by atoms with Crippen molar-refractivity contribution in [2.24, 2.45) is 0 Å². The highest BCUT2D eigenvalue weighted by atomic mass is 16.5. The zero-order valence-electron chi connectivity index (χ0n) is 17.4. The van der Waals surface area contributed by atoms with E-state index in [1.807, 2.05) is 6.92 Å². The summed E-state index contributed by atoms with van der Waals surface area (Å²) in [4.78, 5) is 51.2. The summed E-state index contributed by atoms with van der Waals surface area (Å²) in [6.45, 7) is 6.88. The normalized spacial score (nSPS) is 10.3. The molecule has 0 spiro atoms. The molecule has 1 heterocycles. The maximum Gasteiger partial charge on any atom is 0.355 e. The molecule has 9 heteroatoms. The number of rotatable bonds is 8. The van der Waals surface area contributed by atoms with Gasteiger partial charge in [-0.25, -0.2) is 9.59 Å². The van der Waals surface area contributed by atoms with Crippen molar-refractivity contribution in [2.75, 3.05) is 25.1 Å². The van der Waals surface area contributed by atoms with Crippen LogP contribution in [0.5, 0.6) is 0 Å². The van der Waals surface area contributed by atoms with E-state index in [1.54, 1.807) is 39.0 Å². The molecule has 0 unspecified atom stereocenters. The SMILES string of the molecule is CCNC(=O)c1cccc(NC(=O)COC(=O)c2c(C)[nH]c(C(=O)OCC)c2C)c1. The van der Waals surface area contributed by atoms with E-state index in [0.29, 0.717) is 29.1 Å². The average molecular weight is 415 g/mol. The molecular formula is C21H25N3O6. The number of carbonyl (C=O) groups is 4. The second-order valence-corrected chi connectivity index (χ2v) is 6.41. The van der Waals surface area contributed by atoms with Crippen molar-refractivity contribution < 1.29 is 28.7 Å². The highest BCUT2D eigenvalue weighted by Gasteiger charge is 2.24. The number of aromatic amines is 1. The average Bonchev–Trinajstić information content (AvgIpc) is 3.01. The smallest absolute Gasteiger partial charge is 0.355 e. The fourth-order valence-electron chi connectivity index (χ4n) is 2.86. The first kappa shape index (κ1) is 22.7. The van der Waals surface area contributed by atoms with Gasteiger partial charge in [0.15, 0.2) is 6.61 Å². The second-order valence-electron chi connectivity index (χ2n) is 6.41.